The number of nitrogens with one attached hydrogen (secondary N) is 1. The first-order valence-corrected chi connectivity index (χ1v) is 9.15. The normalized spacial score (nSPS) is 13.4. The Morgan fingerprint density at radius 1 is 1.14 bits per heavy atom. The predicted octanol–water partition coefficient (Wildman–Crippen LogP) is 2.04. The highest BCUT2D eigenvalue weighted by Crippen LogP contribution is 2.17. The van der Waals surface area contributed by atoms with Crippen LogP contribution in [0.4, 0.5) is 0 Å². The molecule has 0 heterocycles. The van der Waals surface area contributed by atoms with E-state index in [9.17, 15) is 8.42 Å². The van der Waals surface area contributed by atoms with Crippen molar-refractivity contribution < 1.29 is 8.42 Å². The zero-order valence-electron chi connectivity index (χ0n) is 12.2. The van der Waals surface area contributed by atoms with Crippen molar-refractivity contribution in [3.8, 4) is 0 Å². The Bertz CT molecular complexity index is 698. The second kappa shape index (κ2) is 7.02. The summed E-state index contributed by atoms with van der Waals surface area (Å²) in [5.41, 5.74) is 3.99. The predicted molar refractivity (Wildman–Crippen MR) is 87.7 cm³/mol. The average Bonchev–Trinajstić information content (AvgIpc) is 2.45. The maximum absolute atomic E-state index is 11.2. The molecule has 114 valence electrons. The minimum Gasteiger partial charge on any atom is -0.271 e. The molecule has 0 aliphatic heterocycles. The number of sulfone groups is 1. The molecule has 1 unspecified atom stereocenters. The third kappa shape index (κ3) is 5.12. The molecule has 0 saturated carbocycles. The van der Waals surface area contributed by atoms with E-state index in [1.165, 1.54) is 22.6 Å². The molecule has 2 aromatic carbocycles. The molecule has 0 aromatic heterocycles. The molecule has 2 rings (SSSR count). The Labute approximate surface area is 126 Å². The van der Waals surface area contributed by atoms with Crippen molar-refractivity contribution in [1.82, 2.24) is 5.43 Å². The molecule has 0 spiro atoms. The smallest absolute Gasteiger partial charge is 0.147 e. The second-order valence-corrected chi connectivity index (χ2v) is 7.78. The molecule has 0 bridgehead atoms. The van der Waals surface area contributed by atoms with Gasteiger partial charge < -0.3 is 0 Å². The summed E-state index contributed by atoms with van der Waals surface area (Å²) in [4.78, 5) is 0. The number of rotatable bonds is 7. The lowest BCUT2D eigenvalue weighted by Gasteiger charge is -2.16. The largest absolute Gasteiger partial charge is 0.271 e. The van der Waals surface area contributed by atoms with Crippen molar-refractivity contribution in [2.75, 3.05) is 12.0 Å². The fourth-order valence-corrected chi connectivity index (χ4v) is 3.18. The fourth-order valence-electron chi connectivity index (χ4n) is 2.49. The van der Waals surface area contributed by atoms with Crippen LogP contribution in [-0.2, 0) is 16.3 Å². The molecule has 4 nitrogen and oxygen atoms in total. The van der Waals surface area contributed by atoms with Crippen LogP contribution in [0.3, 0.4) is 0 Å². The van der Waals surface area contributed by atoms with E-state index in [1.807, 2.05) is 12.1 Å². The Kier molecular flexibility index (Phi) is 5.33. The van der Waals surface area contributed by atoms with Crippen LogP contribution >= 0.6 is 0 Å². The lowest BCUT2D eigenvalue weighted by Crippen LogP contribution is -2.37. The van der Waals surface area contributed by atoms with Gasteiger partial charge in [-0.3, -0.25) is 11.3 Å². The van der Waals surface area contributed by atoms with E-state index in [0.29, 0.717) is 6.42 Å². The van der Waals surface area contributed by atoms with Gasteiger partial charge in [-0.05, 0) is 35.6 Å². The number of hydrogen-bond donors (Lipinski definition) is 2. The van der Waals surface area contributed by atoms with Gasteiger partial charge in [-0.15, -0.1) is 0 Å². The van der Waals surface area contributed by atoms with Crippen LogP contribution in [0.5, 0.6) is 0 Å². The standard InChI is InChI=1S/C16H22N2O2S/c1-21(19,20)10-4-7-16(18-17)12-13-8-9-14-5-2-3-6-15(14)11-13/h2-3,5-6,8-9,11,16,18H,4,7,10,12,17H2,1H3. The van der Waals surface area contributed by atoms with E-state index in [2.05, 4.69) is 35.8 Å². The van der Waals surface area contributed by atoms with Crippen LogP contribution < -0.4 is 11.3 Å². The van der Waals surface area contributed by atoms with Gasteiger partial charge in [-0.1, -0.05) is 42.5 Å². The Hall–Kier alpha value is -1.43. The van der Waals surface area contributed by atoms with Crippen molar-refractivity contribution >= 4 is 20.6 Å². The number of benzene rings is 2. The van der Waals surface area contributed by atoms with Crippen LogP contribution in [-0.4, -0.2) is 26.5 Å². The molecule has 0 fully saturated rings. The summed E-state index contributed by atoms with van der Waals surface area (Å²) in [6, 6.07) is 14.7. The van der Waals surface area contributed by atoms with Gasteiger partial charge in [0.15, 0.2) is 0 Å². The van der Waals surface area contributed by atoms with Gasteiger partial charge in [0.1, 0.15) is 9.84 Å². The van der Waals surface area contributed by atoms with Crippen molar-refractivity contribution in [3.05, 3.63) is 48.0 Å². The Balaban J connectivity index is 1.99. The first kappa shape index (κ1) is 15.9. The van der Waals surface area contributed by atoms with Gasteiger partial charge in [-0.2, -0.15) is 0 Å². The molecule has 21 heavy (non-hydrogen) atoms. The van der Waals surface area contributed by atoms with Gasteiger partial charge in [-0.25, -0.2) is 8.42 Å². The molecule has 0 radical (unpaired) electrons. The highest BCUT2D eigenvalue weighted by atomic mass is 32.2. The minimum absolute atomic E-state index is 0.0907. The SMILES string of the molecule is CS(=O)(=O)CCCC(Cc1ccc2ccccc2c1)NN. The molecule has 2 aromatic rings. The lowest BCUT2D eigenvalue weighted by atomic mass is 10.00. The van der Waals surface area contributed by atoms with Gasteiger partial charge in [0.2, 0.25) is 0 Å². The first-order chi connectivity index (χ1) is 9.98. The topological polar surface area (TPSA) is 72.2 Å². The first-order valence-electron chi connectivity index (χ1n) is 7.09. The molecule has 0 saturated heterocycles. The number of hydrazine groups is 1. The maximum Gasteiger partial charge on any atom is 0.147 e. The van der Waals surface area contributed by atoms with E-state index in [0.717, 1.165) is 12.8 Å². The van der Waals surface area contributed by atoms with Crippen LogP contribution in [0.2, 0.25) is 0 Å². The van der Waals surface area contributed by atoms with E-state index in [-0.39, 0.29) is 11.8 Å². The van der Waals surface area contributed by atoms with Crippen molar-refractivity contribution in [3.63, 3.8) is 0 Å². The van der Waals surface area contributed by atoms with E-state index < -0.39 is 9.84 Å². The van der Waals surface area contributed by atoms with Crippen LogP contribution in [0.15, 0.2) is 42.5 Å². The zero-order valence-corrected chi connectivity index (χ0v) is 13.1. The van der Waals surface area contributed by atoms with Gasteiger partial charge >= 0.3 is 0 Å². The molecule has 3 N–H and O–H groups in total. The molecular formula is C16H22N2O2S. The highest BCUT2D eigenvalue weighted by Gasteiger charge is 2.10. The third-order valence-electron chi connectivity index (χ3n) is 3.60. The molecule has 0 aliphatic rings. The molecule has 0 amide bonds. The minimum atomic E-state index is -2.90. The van der Waals surface area contributed by atoms with Crippen molar-refractivity contribution in [1.29, 1.82) is 0 Å². The summed E-state index contributed by atoms with van der Waals surface area (Å²) in [5, 5.41) is 2.43. The van der Waals surface area contributed by atoms with Gasteiger partial charge in [0, 0.05) is 18.1 Å². The van der Waals surface area contributed by atoms with Gasteiger partial charge in [0.05, 0.1) is 0 Å². The molecular weight excluding hydrogens is 284 g/mol. The monoisotopic (exact) mass is 306 g/mol. The Morgan fingerprint density at radius 2 is 1.86 bits per heavy atom. The number of hydrogen-bond acceptors (Lipinski definition) is 4. The maximum atomic E-state index is 11.2. The summed E-state index contributed by atoms with van der Waals surface area (Å²) in [5.74, 6) is 5.79. The summed E-state index contributed by atoms with van der Waals surface area (Å²) >= 11 is 0. The second-order valence-electron chi connectivity index (χ2n) is 5.52. The van der Waals surface area contributed by atoms with E-state index in [1.54, 1.807) is 0 Å². The van der Waals surface area contributed by atoms with E-state index in [4.69, 9.17) is 5.84 Å². The molecule has 1 atom stereocenters. The number of nitrogens with two attached hydrogens (primary N) is 1. The third-order valence-corrected chi connectivity index (χ3v) is 4.63. The van der Waals surface area contributed by atoms with Crippen LogP contribution in [0.1, 0.15) is 18.4 Å². The molecule has 5 heteroatoms. The van der Waals surface area contributed by atoms with E-state index >= 15 is 0 Å². The van der Waals surface area contributed by atoms with Crippen LogP contribution in [0.25, 0.3) is 10.8 Å². The highest BCUT2D eigenvalue weighted by molar-refractivity contribution is 7.90. The summed E-state index contributed by atoms with van der Waals surface area (Å²) in [7, 11) is -2.90. The number of fused-ring (bicyclic) bond motifs is 1. The fraction of sp³-hybridized carbons (Fsp3) is 0.375. The van der Waals surface area contributed by atoms with Crippen molar-refractivity contribution in [2.45, 2.75) is 25.3 Å². The van der Waals surface area contributed by atoms with Gasteiger partial charge in [0.25, 0.3) is 0 Å². The zero-order chi connectivity index (χ0) is 15.3. The summed E-state index contributed by atoms with van der Waals surface area (Å²) in [6.45, 7) is 0. The summed E-state index contributed by atoms with van der Waals surface area (Å²) < 4.78 is 22.3. The average molecular weight is 306 g/mol. The molecule has 0 aliphatic carbocycles. The lowest BCUT2D eigenvalue weighted by molar-refractivity contribution is 0.485. The Morgan fingerprint density at radius 3 is 2.52 bits per heavy atom. The van der Waals surface area contributed by atoms with Crippen molar-refractivity contribution in [2.24, 2.45) is 5.84 Å². The van der Waals surface area contributed by atoms with Crippen LogP contribution in [0, 0.1) is 0 Å². The quantitative estimate of drug-likeness (QED) is 0.606. The summed E-state index contributed by atoms with van der Waals surface area (Å²) in [6.07, 6.45) is 3.43.